The number of benzene rings is 3. The van der Waals surface area contributed by atoms with Crippen molar-refractivity contribution in [2.45, 2.75) is 36.5 Å². The maximum atomic E-state index is 13.2. The number of carbonyl (C=O) groups excluding carboxylic acids is 1. The number of rotatable bonds is 8. The van der Waals surface area contributed by atoms with Crippen LogP contribution in [0, 0.1) is 0 Å². The van der Waals surface area contributed by atoms with Crippen LogP contribution >= 0.6 is 0 Å². The number of hydrogen-bond acceptors (Lipinski definition) is 5. The third kappa shape index (κ3) is 5.02. The monoisotopic (exact) mass is 527 g/mol. The highest BCUT2D eigenvalue weighted by Crippen LogP contribution is 2.34. The summed E-state index contributed by atoms with van der Waals surface area (Å²) in [5.41, 5.74) is 2.30. The minimum atomic E-state index is -3.69. The van der Waals surface area contributed by atoms with Gasteiger partial charge in [0.2, 0.25) is 10.0 Å². The Morgan fingerprint density at radius 3 is 2.19 bits per heavy atom. The molecular formula is C26H29N3O5S2. The Labute approximate surface area is 212 Å². The first-order valence-electron chi connectivity index (χ1n) is 11.8. The number of nitrogens with one attached hydrogen (secondary N) is 1. The maximum absolute atomic E-state index is 13.2. The van der Waals surface area contributed by atoms with Crippen LogP contribution in [0.1, 0.15) is 36.2 Å². The Balaban J connectivity index is 1.53. The molecule has 8 nitrogen and oxygen atoms in total. The van der Waals surface area contributed by atoms with Crippen LogP contribution in [0.15, 0.2) is 82.6 Å². The van der Waals surface area contributed by atoms with Crippen LogP contribution in [0.3, 0.4) is 0 Å². The first-order valence-corrected chi connectivity index (χ1v) is 14.7. The number of fused-ring (bicyclic) bond motifs is 1. The zero-order valence-electron chi connectivity index (χ0n) is 20.2. The Morgan fingerprint density at radius 1 is 0.889 bits per heavy atom. The summed E-state index contributed by atoms with van der Waals surface area (Å²) in [7, 11) is -7.29. The average Bonchev–Trinajstić information content (AvgIpc) is 2.89. The molecule has 1 N–H and O–H groups in total. The van der Waals surface area contributed by atoms with E-state index in [1.54, 1.807) is 62.4 Å². The minimum absolute atomic E-state index is 0.135. The van der Waals surface area contributed by atoms with Crippen molar-refractivity contribution in [1.29, 1.82) is 0 Å². The van der Waals surface area contributed by atoms with Crippen molar-refractivity contribution in [1.82, 2.24) is 4.31 Å². The van der Waals surface area contributed by atoms with Gasteiger partial charge in [-0.25, -0.2) is 16.8 Å². The second-order valence-corrected chi connectivity index (χ2v) is 12.2. The molecule has 3 aromatic rings. The molecule has 0 bridgehead atoms. The van der Waals surface area contributed by atoms with Crippen molar-refractivity contribution in [2.24, 2.45) is 0 Å². The van der Waals surface area contributed by atoms with Crippen molar-refractivity contribution >= 4 is 37.3 Å². The van der Waals surface area contributed by atoms with Crippen LogP contribution in [0.2, 0.25) is 0 Å². The van der Waals surface area contributed by atoms with E-state index in [-0.39, 0.29) is 15.7 Å². The molecule has 1 amide bonds. The number of nitrogens with zero attached hydrogens (tertiary/aromatic N) is 2. The second kappa shape index (κ2) is 10.4. The minimum Gasteiger partial charge on any atom is -0.322 e. The molecule has 190 valence electrons. The molecule has 36 heavy (non-hydrogen) atoms. The second-order valence-electron chi connectivity index (χ2n) is 8.41. The maximum Gasteiger partial charge on any atom is 0.264 e. The van der Waals surface area contributed by atoms with Gasteiger partial charge in [0, 0.05) is 30.9 Å². The highest BCUT2D eigenvalue weighted by Gasteiger charge is 2.29. The van der Waals surface area contributed by atoms with Crippen LogP contribution in [-0.2, 0) is 26.5 Å². The summed E-state index contributed by atoms with van der Waals surface area (Å²) in [6.07, 6.45) is 1.36. The van der Waals surface area contributed by atoms with Crippen LogP contribution in [-0.4, -0.2) is 46.7 Å². The van der Waals surface area contributed by atoms with Gasteiger partial charge in [0.15, 0.2) is 0 Å². The first kappa shape index (κ1) is 25.9. The molecule has 3 aromatic carbocycles. The number of amides is 1. The molecule has 4 rings (SSSR count). The number of sulfonamides is 2. The zero-order chi connectivity index (χ0) is 25.9. The van der Waals surface area contributed by atoms with Crippen LogP contribution < -0.4 is 9.62 Å². The van der Waals surface area contributed by atoms with Gasteiger partial charge in [-0.3, -0.25) is 9.10 Å². The number of aryl methyl sites for hydroxylation is 1. The van der Waals surface area contributed by atoms with Crippen molar-refractivity contribution < 1.29 is 21.6 Å². The van der Waals surface area contributed by atoms with E-state index >= 15 is 0 Å². The SMILES string of the molecule is CCN(CC)S(=O)(=O)c1ccc(C(=O)Nc2ccc3c(c2)CCCN3S(=O)(=O)c2ccccc2)cc1. The predicted octanol–water partition coefficient (Wildman–Crippen LogP) is 4.11. The fourth-order valence-corrected chi connectivity index (χ4v) is 7.32. The van der Waals surface area contributed by atoms with E-state index in [9.17, 15) is 21.6 Å². The summed E-state index contributed by atoms with van der Waals surface area (Å²) in [5.74, 6) is -0.383. The zero-order valence-corrected chi connectivity index (χ0v) is 21.8. The fourth-order valence-electron chi connectivity index (χ4n) is 4.30. The molecule has 10 heteroatoms. The van der Waals surface area contributed by atoms with Crippen molar-refractivity contribution in [3.8, 4) is 0 Å². The van der Waals surface area contributed by atoms with Gasteiger partial charge in [0.05, 0.1) is 15.5 Å². The quantitative estimate of drug-likeness (QED) is 0.475. The highest BCUT2D eigenvalue weighted by molar-refractivity contribution is 7.92. The molecular weight excluding hydrogens is 498 g/mol. The Morgan fingerprint density at radius 2 is 1.56 bits per heavy atom. The third-order valence-electron chi connectivity index (χ3n) is 6.20. The summed E-state index contributed by atoms with van der Waals surface area (Å²) in [5, 5.41) is 2.83. The largest absolute Gasteiger partial charge is 0.322 e. The number of hydrogen-bond donors (Lipinski definition) is 1. The number of anilines is 2. The average molecular weight is 528 g/mol. The van der Waals surface area contributed by atoms with E-state index < -0.39 is 20.0 Å². The highest BCUT2D eigenvalue weighted by atomic mass is 32.2. The van der Waals surface area contributed by atoms with E-state index in [1.165, 1.54) is 32.9 Å². The van der Waals surface area contributed by atoms with Gasteiger partial charge in [0.25, 0.3) is 15.9 Å². The lowest BCUT2D eigenvalue weighted by atomic mass is 10.0. The van der Waals surface area contributed by atoms with E-state index in [0.717, 1.165) is 5.56 Å². The molecule has 0 fully saturated rings. The number of carbonyl (C=O) groups is 1. The van der Waals surface area contributed by atoms with E-state index in [1.807, 2.05) is 0 Å². The van der Waals surface area contributed by atoms with Gasteiger partial charge in [-0.2, -0.15) is 4.31 Å². The molecule has 0 aromatic heterocycles. The normalized spacial score (nSPS) is 13.9. The van der Waals surface area contributed by atoms with Crippen LogP contribution in [0.25, 0.3) is 0 Å². The Kier molecular flexibility index (Phi) is 7.49. The molecule has 1 aliphatic heterocycles. The van der Waals surface area contributed by atoms with E-state index in [2.05, 4.69) is 5.32 Å². The summed E-state index contributed by atoms with van der Waals surface area (Å²) >= 11 is 0. The van der Waals surface area contributed by atoms with Crippen LogP contribution in [0.4, 0.5) is 11.4 Å². The smallest absolute Gasteiger partial charge is 0.264 e. The summed E-state index contributed by atoms with van der Waals surface area (Å²) in [4.78, 5) is 13.2. The Bertz CT molecular complexity index is 1450. The van der Waals surface area contributed by atoms with Gasteiger partial charge in [-0.1, -0.05) is 32.0 Å². The first-order chi connectivity index (χ1) is 17.2. The topological polar surface area (TPSA) is 104 Å². The van der Waals surface area contributed by atoms with Crippen molar-refractivity contribution in [3.63, 3.8) is 0 Å². The van der Waals surface area contributed by atoms with Crippen molar-refractivity contribution in [3.05, 3.63) is 83.9 Å². The summed E-state index contributed by atoms with van der Waals surface area (Å²) < 4.78 is 54.5. The Hall–Kier alpha value is -3.21. The van der Waals surface area contributed by atoms with Gasteiger partial charge >= 0.3 is 0 Å². The summed E-state index contributed by atoms with van der Waals surface area (Å²) in [6, 6.07) is 19.3. The predicted molar refractivity (Wildman–Crippen MR) is 140 cm³/mol. The standard InChI is InChI=1S/C26H29N3O5S2/c1-3-28(4-2)35(31,32)24-15-12-20(13-16-24)26(30)27-22-14-17-25-21(19-22)9-8-18-29(25)36(33,34)23-10-6-5-7-11-23/h5-7,10-17,19H,3-4,8-9,18H2,1-2H3,(H,27,30). The molecule has 0 unspecified atom stereocenters. The van der Waals surface area contributed by atoms with Crippen molar-refractivity contribution in [2.75, 3.05) is 29.3 Å². The molecule has 0 saturated heterocycles. The van der Waals surface area contributed by atoms with Gasteiger partial charge < -0.3 is 5.32 Å². The molecule has 0 atom stereocenters. The molecule has 0 spiro atoms. The molecule has 0 saturated carbocycles. The molecule has 1 heterocycles. The van der Waals surface area contributed by atoms with E-state index in [0.29, 0.717) is 49.4 Å². The fraction of sp³-hybridized carbons (Fsp3) is 0.269. The lowest BCUT2D eigenvalue weighted by molar-refractivity contribution is 0.102. The van der Waals surface area contributed by atoms with Gasteiger partial charge in [0.1, 0.15) is 0 Å². The summed E-state index contributed by atoms with van der Waals surface area (Å²) in [6.45, 7) is 4.67. The third-order valence-corrected chi connectivity index (χ3v) is 10.1. The van der Waals surface area contributed by atoms with Gasteiger partial charge in [-0.05, 0) is 73.0 Å². The molecule has 0 aliphatic carbocycles. The molecule has 0 radical (unpaired) electrons. The lowest BCUT2D eigenvalue weighted by Crippen LogP contribution is -2.35. The van der Waals surface area contributed by atoms with E-state index in [4.69, 9.17) is 0 Å². The van der Waals surface area contributed by atoms with Crippen LogP contribution in [0.5, 0.6) is 0 Å². The molecule has 1 aliphatic rings. The lowest BCUT2D eigenvalue weighted by Gasteiger charge is -2.31. The van der Waals surface area contributed by atoms with Gasteiger partial charge in [-0.15, -0.1) is 0 Å².